The molecule has 2 nitrogen and oxygen atoms in total. The highest BCUT2D eigenvalue weighted by atomic mass is 16.5. The van der Waals surface area contributed by atoms with Crippen molar-refractivity contribution >= 4 is 11.1 Å². The maximum atomic E-state index is 5.66. The van der Waals surface area contributed by atoms with E-state index in [4.69, 9.17) is 4.74 Å². The van der Waals surface area contributed by atoms with Crippen molar-refractivity contribution in [2.75, 3.05) is 7.11 Å². The number of rotatable bonds is 4. The third-order valence-corrected chi connectivity index (χ3v) is 7.52. The van der Waals surface area contributed by atoms with Gasteiger partial charge < -0.3 is 9.64 Å². The largest absolute Gasteiger partial charge is 0.381 e. The molecule has 0 amide bonds. The first-order chi connectivity index (χ1) is 15.3. The maximum absolute atomic E-state index is 5.66. The molecule has 1 saturated carbocycles. The van der Waals surface area contributed by atoms with Crippen molar-refractivity contribution in [1.82, 2.24) is 4.90 Å². The summed E-state index contributed by atoms with van der Waals surface area (Å²) in [6, 6.07) is 18.6. The van der Waals surface area contributed by atoms with Gasteiger partial charge in [0.2, 0.25) is 0 Å². The van der Waals surface area contributed by atoms with Crippen LogP contribution >= 0.6 is 0 Å². The molecule has 0 heterocycles. The number of nitrogens with zero attached hydrogens (tertiary/aromatic N) is 1. The minimum Gasteiger partial charge on any atom is -0.381 e. The lowest BCUT2D eigenvalue weighted by Gasteiger charge is -2.36. The van der Waals surface area contributed by atoms with Gasteiger partial charge in [-0.05, 0) is 97.6 Å². The summed E-state index contributed by atoms with van der Waals surface area (Å²) < 4.78 is 5.66. The fourth-order valence-corrected chi connectivity index (χ4v) is 5.77. The summed E-state index contributed by atoms with van der Waals surface area (Å²) in [5.41, 5.74) is 8.98. The lowest BCUT2D eigenvalue weighted by molar-refractivity contribution is 0.0538. The van der Waals surface area contributed by atoms with Crippen molar-refractivity contribution in [2.24, 2.45) is 0 Å². The highest BCUT2D eigenvalue weighted by Crippen LogP contribution is 2.36. The molecule has 162 valence electrons. The van der Waals surface area contributed by atoms with E-state index in [1.54, 1.807) is 0 Å². The third-order valence-electron chi connectivity index (χ3n) is 7.52. The Balaban J connectivity index is 1.51. The number of methoxy groups -OCH3 is 1. The van der Waals surface area contributed by atoms with Crippen LogP contribution in [0.25, 0.3) is 11.1 Å². The van der Waals surface area contributed by atoms with Crippen LogP contribution in [0.4, 0.5) is 0 Å². The van der Waals surface area contributed by atoms with E-state index >= 15 is 0 Å². The molecule has 0 atom stereocenters. The van der Waals surface area contributed by atoms with Crippen LogP contribution in [0.2, 0.25) is 0 Å². The van der Waals surface area contributed by atoms with Crippen LogP contribution in [0.3, 0.4) is 0 Å². The normalized spacial score (nSPS) is 25.8. The molecular weight excluding hydrogens is 378 g/mol. The molecule has 0 aromatic heterocycles. The highest BCUT2D eigenvalue weighted by Gasteiger charge is 2.26. The predicted molar refractivity (Wildman–Crippen MR) is 130 cm³/mol. The molecule has 2 aromatic rings. The predicted octanol–water partition coefficient (Wildman–Crippen LogP) is 7.00. The minimum absolute atomic E-state index is 0.434. The smallest absolute Gasteiger partial charge is 0.0572 e. The number of aryl methyl sites for hydroxylation is 2. The average Bonchev–Trinajstić information content (AvgIpc) is 2.84. The second-order valence-corrected chi connectivity index (χ2v) is 9.44. The van der Waals surface area contributed by atoms with E-state index in [1.807, 2.05) is 7.11 Å². The molecule has 1 fully saturated rings. The fraction of sp³-hybridized carbons (Fsp3) is 0.448. The number of ether oxygens (including phenoxy) is 1. The molecule has 0 saturated heterocycles. The van der Waals surface area contributed by atoms with Gasteiger partial charge in [0.05, 0.1) is 6.10 Å². The van der Waals surface area contributed by atoms with Gasteiger partial charge in [-0.15, -0.1) is 0 Å². The molecule has 0 aliphatic heterocycles. The van der Waals surface area contributed by atoms with Crippen LogP contribution in [0.5, 0.6) is 0 Å². The number of hydrogen-bond donors (Lipinski definition) is 0. The van der Waals surface area contributed by atoms with Crippen LogP contribution in [-0.2, 0) is 17.6 Å². The van der Waals surface area contributed by atoms with E-state index < -0.39 is 0 Å². The van der Waals surface area contributed by atoms with Crippen molar-refractivity contribution < 1.29 is 4.74 Å². The second kappa shape index (κ2) is 9.44. The molecular formula is C29H35NO. The van der Waals surface area contributed by atoms with Gasteiger partial charge in [0.25, 0.3) is 0 Å². The van der Waals surface area contributed by atoms with E-state index in [9.17, 15) is 0 Å². The molecule has 3 aliphatic carbocycles. The number of benzene rings is 2. The molecule has 5 rings (SSSR count). The molecule has 0 unspecified atom stereocenters. The zero-order valence-electron chi connectivity index (χ0n) is 18.9. The Kier molecular flexibility index (Phi) is 6.27. The van der Waals surface area contributed by atoms with Gasteiger partial charge in [0.1, 0.15) is 0 Å². The topological polar surface area (TPSA) is 12.5 Å². The lowest BCUT2D eigenvalue weighted by atomic mass is 9.86. The maximum Gasteiger partial charge on any atom is 0.0572 e. The Morgan fingerprint density at radius 1 is 0.710 bits per heavy atom. The van der Waals surface area contributed by atoms with Crippen molar-refractivity contribution in [3.8, 4) is 0 Å². The van der Waals surface area contributed by atoms with Crippen molar-refractivity contribution in [1.29, 1.82) is 0 Å². The Bertz CT molecular complexity index is 897. The average molecular weight is 414 g/mol. The van der Waals surface area contributed by atoms with Gasteiger partial charge in [-0.3, -0.25) is 0 Å². The number of allylic oxidation sites excluding steroid dienone is 2. The molecule has 2 heteroatoms. The molecule has 3 aliphatic rings. The number of fused-ring (bicyclic) bond motifs is 2. The summed E-state index contributed by atoms with van der Waals surface area (Å²) in [6.45, 7) is 0. The highest BCUT2D eigenvalue weighted by molar-refractivity contribution is 5.72. The summed E-state index contributed by atoms with van der Waals surface area (Å²) in [4.78, 5) is 2.60. The lowest BCUT2D eigenvalue weighted by Crippen LogP contribution is -2.33. The standard InChI is InChI=1S/C29H35NO/c1-31-27-18-16-26(17-19-27)30(20-24-12-6-10-22-8-2-4-14-28(22)24)21-25-13-7-11-23-9-3-5-15-29(23)25/h2-5,8-9,14-15,20-21,26-27H,6-7,10-13,16-19H2,1H3. The number of hydrogen-bond acceptors (Lipinski definition) is 2. The molecule has 0 N–H and O–H groups in total. The molecule has 0 bridgehead atoms. The van der Waals surface area contributed by atoms with Gasteiger partial charge in [-0.25, -0.2) is 0 Å². The van der Waals surface area contributed by atoms with Crippen molar-refractivity contribution in [3.63, 3.8) is 0 Å². The summed E-state index contributed by atoms with van der Waals surface area (Å²) in [5, 5.41) is 0. The first-order valence-electron chi connectivity index (χ1n) is 12.2. The molecule has 0 radical (unpaired) electrons. The molecule has 2 aromatic carbocycles. The van der Waals surface area contributed by atoms with E-state index in [0.29, 0.717) is 12.1 Å². The summed E-state index contributed by atoms with van der Waals surface area (Å²) in [7, 11) is 1.87. The Hall–Kier alpha value is -2.32. The van der Waals surface area contributed by atoms with Crippen molar-refractivity contribution in [3.05, 3.63) is 83.2 Å². The third kappa shape index (κ3) is 4.50. The first-order valence-corrected chi connectivity index (χ1v) is 12.2. The Morgan fingerprint density at radius 3 is 1.74 bits per heavy atom. The van der Waals surface area contributed by atoms with Crippen LogP contribution in [0.15, 0.2) is 60.9 Å². The zero-order valence-corrected chi connectivity index (χ0v) is 18.9. The van der Waals surface area contributed by atoms with Crippen LogP contribution in [-0.4, -0.2) is 24.2 Å². The summed E-state index contributed by atoms with van der Waals surface area (Å²) in [6.07, 6.45) is 17.5. The summed E-state index contributed by atoms with van der Waals surface area (Å²) in [5.74, 6) is 0. The Labute approximate surface area is 187 Å². The van der Waals surface area contributed by atoms with Gasteiger partial charge in [-0.2, -0.15) is 0 Å². The van der Waals surface area contributed by atoms with Crippen molar-refractivity contribution in [2.45, 2.75) is 76.4 Å². The quantitative estimate of drug-likeness (QED) is 0.535. The fourth-order valence-electron chi connectivity index (χ4n) is 5.77. The monoisotopic (exact) mass is 413 g/mol. The Morgan fingerprint density at radius 2 is 1.23 bits per heavy atom. The first kappa shape index (κ1) is 20.6. The SMILES string of the molecule is COC1CCC(N(C=C2CCCc3ccccc32)C=C2CCCc3ccccc32)CC1. The van der Waals surface area contributed by atoms with E-state index in [1.165, 1.54) is 84.8 Å². The van der Waals surface area contributed by atoms with Crippen LogP contribution in [0.1, 0.15) is 73.6 Å². The van der Waals surface area contributed by atoms with E-state index in [-0.39, 0.29) is 0 Å². The molecule has 0 spiro atoms. The molecule has 31 heavy (non-hydrogen) atoms. The van der Waals surface area contributed by atoms with E-state index in [0.717, 1.165) is 12.8 Å². The van der Waals surface area contributed by atoms with E-state index in [2.05, 4.69) is 65.8 Å². The van der Waals surface area contributed by atoms with Gasteiger partial charge >= 0.3 is 0 Å². The van der Waals surface area contributed by atoms with Crippen LogP contribution < -0.4 is 0 Å². The van der Waals surface area contributed by atoms with Gasteiger partial charge in [0.15, 0.2) is 0 Å². The van der Waals surface area contributed by atoms with Gasteiger partial charge in [-0.1, -0.05) is 48.5 Å². The van der Waals surface area contributed by atoms with Crippen LogP contribution in [0, 0.1) is 0 Å². The minimum atomic E-state index is 0.434. The summed E-state index contributed by atoms with van der Waals surface area (Å²) >= 11 is 0. The van der Waals surface area contributed by atoms with Gasteiger partial charge in [0, 0.05) is 25.6 Å². The zero-order chi connectivity index (χ0) is 21.0. The second-order valence-electron chi connectivity index (χ2n) is 9.44.